The zero-order valence-corrected chi connectivity index (χ0v) is 11.9. The van der Waals surface area contributed by atoms with Gasteiger partial charge >= 0.3 is 0 Å². The van der Waals surface area contributed by atoms with E-state index in [9.17, 15) is 0 Å². The van der Waals surface area contributed by atoms with Gasteiger partial charge in [-0.05, 0) is 26.0 Å². The summed E-state index contributed by atoms with van der Waals surface area (Å²) in [5, 5.41) is 0. The van der Waals surface area contributed by atoms with E-state index < -0.39 is 0 Å². The SMILES string of the molecule is CC(C)Oc1cccc([N+](C)(C)C)c1.CCl. The van der Waals surface area contributed by atoms with Crippen LogP contribution in [0.1, 0.15) is 13.8 Å². The van der Waals surface area contributed by atoms with Crippen molar-refractivity contribution in [3.8, 4) is 5.75 Å². The van der Waals surface area contributed by atoms with E-state index in [-0.39, 0.29) is 6.10 Å². The number of ether oxygens (including phenoxy) is 1. The minimum Gasteiger partial charge on any atom is -0.491 e. The molecule has 0 saturated carbocycles. The van der Waals surface area contributed by atoms with Gasteiger partial charge in [-0.1, -0.05) is 6.07 Å². The lowest BCUT2D eigenvalue weighted by molar-refractivity contribution is 0.242. The zero-order chi connectivity index (χ0) is 12.8. The number of quaternary nitrogens is 1. The molecule has 2 nitrogen and oxygen atoms in total. The first kappa shape index (κ1) is 15.3. The quantitative estimate of drug-likeness (QED) is 0.584. The molecule has 0 radical (unpaired) electrons. The Hall–Kier alpha value is -0.730. The number of hydrogen-bond donors (Lipinski definition) is 0. The van der Waals surface area contributed by atoms with E-state index in [0.717, 1.165) is 10.2 Å². The second-order valence-corrected chi connectivity index (χ2v) is 4.68. The number of alkyl halides is 1. The van der Waals surface area contributed by atoms with Gasteiger partial charge in [0, 0.05) is 12.4 Å². The Balaban J connectivity index is 0.00000106. The van der Waals surface area contributed by atoms with Crippen LogP contribution in [0.5, 0.6) is 5.75 Å². The zero-order valence-electron chi connectivity index (χ0n) is 11.1. The maximum Gasteiger partial charge on any atom is 0.135 e. The van der Waals surface area contributed by atoms with Crippen molar-refractivity contribution in [1.29, 1.82) is 0 Å². The van der Waals surface area contributed by atoms with Crippen molar-refractivity contribution in [2.24, 2.45) is 0 Å². The predicted molar refractivity (Wildman–Crippen MR) is 73.5 cm³/mol. The smallest absolute Gasteiger partial charge is 0.135 e. The Kier molecular flexibility index (Phi) is 6.46. The molecule has 3 heteroatoms. The summed E-state index contributed by atoms with van der Waals surface area (Å²) >= 11 is 4.64. The highest BCUT2D eigenvalue weighted by molar-refractivity contribution is 6.15. The van der Waals surface area contributed by atoms with Gasteiger partial charge in [0.05, 0.1) is 27.2 Å². The number of halogens is 1. The Morgan fingerprint density at radius 2 is 1.69 bits per heavy atom. The van der Waals surface area contributed by atoms with E-state index in [1.807, 2.05) is 26.0 Å². The molecule has 0 aliphatic heterocycles. The van der Waals surface area contributed by atoms with Crippen LogP contribution in [0, 0.1) is 0 Å². The Bertz CT molecular complexity index is 305. The largest absolute Gasteiger partial charge is 0.491 e. The van der Waals surface area contributed by atoms with Crippen molar-refractivity contribution in [3.63, 3.8) is 0 Å². The molecule has 0 bridgehead atoms. The van der Waals surface area contributed by atoms with Gasteiger partial charge in [0.1, 0.15) is 11.4 Å². The highest BCUT2D eigenvalue weighted by Crippen LogP contribution is 2.23. The molecule has 0 amide bonds. The molecule has 0 aliphatic rings. The summed E-state index contributed by atoms with van der Waals surface area (Å²) < 4.78 is 6.45. The van der Waals surface area contributed by atoms with Gasteiger partial charge in [-0.15, -0.1) is 11.6 Å². The van der Waals surface area contributed by atoms with Crippen LogP contribution in [0.2, 0.25) is 0 Å². The number of benzene rings is 1. The summed E-state index contributed by atoms with van der Waals surface area (Å²) in [4.78, 5) is 0. The molecule has 0 atom stereocenters. The molecule has 0 aromatic heterocycles. The number of nitrogens with zero attached hydrogens (tertiary/aromatic N) is 1. The van der Waals surface area contributed by atoms with Crippen LogP contribution >= 0.6 is 11.6 Å². The van der Waals surface area contributed by atoms with Gasteiger partial charge < -0.3 is 4.74 Å². The van der Waals surface area contributed by atoms with Crippen molar-refractivity contribution in [2.45, 2.75) is 20.0 Å². The predicted octanol–water partition coefficient (Wildman–Crippen LogP) is 3.53. The van der Waals surface area contributed by atoms with E-state index in [4.69, 9.17) is 4.74 Å². The normalized spacial score (nSPS) is 10.8. The molecule has 0 heterocycles. The van der Waals surface area contributed by atoms with E-state index in [1.165, 1.54) is 12.1 Å². The molecule has 92 valence electrons. The second kappa shape index (κ2) is 6.77. The lowest BCUT2D eigenvalue weighted by atomic mass is 10.2. The summed E-state index contributed by atoms with van der Waals surface area (Å²) in [6.07, 6.45) is 1.71. The average molecular weight is 245 g/mol. The van der Waals surface area contributed by atoms with E-state index >= 15 is 0 Å². The van der Waals surface area contributed by atoms with Crippen molar-refractivity contribution in [1.82, 2.24) is 4.48 Å². The molecular formula is C13H23ClNO+. The van der Waals surface area contributed by atoms with Crippen LogP contribution in [0.3, 0.4) is 0 Å². The number of rotatable bonds is 3. The van der Waals surface area contributed by atoms with Crippen molar-refractivity contribution >= 4 is 17.3 Å². The summed E-state index contributed by atoms with van der Waals surface area (Å²) in [6.45, 7) is 4.08. The summed E-state index contributed by atoms with van der Waals surface area (Å²) in [5.41, 5.74) is 1.25. The van der Waals surface area contributed by atoms with Crippen LogP contribution in [0.15, 0.2) is 24.3 Å². The standard InChI is InChI=1S/C12H20NO.CH3Cl/c1-10(2)14-12-8-6-7-11(9-12)13(3,4)5;1-2/h6-10H,1-5H3;1H3/q+1;. The monoisotopic (exact) mass is 244 g/mol. The molecule has 0 spiro atoms. The number of hydrogen-bond acceptors (Lipinski definition) is 1. The van der Waals surface area contributed by atoms with Crippen molar-refractivity contribution in [3.05, 3.63) is 24.3 Å². The van der Waals surface area contributed by atoms with Gasteiger partial charge in [0.25, 0.3) is 0 Å². The fraction of sp³-hybridized carbons (Fsp3) is 0.538. The van der Waals surface area contributed by atoms with E-state index in [1.54, 1.807) is 0 Å². The van der Waals surface area contributed by atoms with E-state index in [0.29, 0.717) is 0 Å². The first-order valence-corrected chi connectivity index (χ1v) is 6.12. The minimum atomic E-state index is 0.234. The molecule has 1 aromatic rings. The first-order chi connectivity index (χ1) is 7.39. The highest BCUT2D eigenvalue weighted by Gasteiger charge is 2.12. The molecule has 0 aliphatic carbocycles. The molecule has 1 aromatic carbocycles. The third-order valence-corrected chi connectivity index (χ3v) is 1.96. The maximum atomic E-state index is 5.64. The molecule has 0 unspecified atom stereocenters. The van der Waals surface area contributed by atoms with Crippen LogP contribution in [0.4, 0.5) is 5.69 Å². The highest BCUT2D eigenvalue weighted by atomic mass is 35.5. The van der Waals surface area contributed by atoms with Crippen LogP contribution in [-0.4, -0.2) is 33.6 Å². The minimum absolute atomic E-state index is 0.234. The summed E-state index contributed by atoms with van der Waals surface area (Å²) in [6, 6.07) is 8.25. The van der Waals surface area contributed by atoms with Crippen LogP contribution in [0.25, 0.3) is 0 Å². The fourth-order valence-electron chi connectivity index (χ4n) is 1.25. The average Bonchev–Trinajstić information content (AvgIpc) is 2.19. The van der Waals surface area contributed by atoms with Gasteiger partial charge in [0.15, 0.2) is 0 Å². The summed E-state index contributed by atoms with van der Waals surface area (Å²) in [5.74, 6) is 0.950. The lowest BCUT2D eigenvalue weighted by Gasteiger charge is -2.24. The molecule has 0 saturated heterocycles. The maximum absolute atomic E-state index is 5.64. The van der Waals surface area contributed by atoms with E-state index in [2.05, 4.69) is 44.9 Å². The first-order valence-electron chi connectivity index (χ1n) is 5.36. The topological polar surface area (TPSA) is 9.23 Å². The third kappa shape index (κ3) is 5.38. The Labute approximate surface area is 104 Å². The van der Waals surface area contributed by atoms with Gasteiger partial charge in [-0.2, -0.15) is 0 Å². The Morgan fingerprint density at radius 1 is 1.12 bits per heavy atom. The molecule has 0 N–H and O–H groups in total. The molecule has 16 heavy (non-hydrogen) atoms. The van der Waals surface area contributed by atoms with Gasteiger partial charge in [0.2, 0.25) is 0 Å². The van der Waals surface area contributed by atoms with Gasteiger partial charge in [-0.25, -0.2) is 0 Å². The van der Waals surface area contributed by atoms with Crippen LogP contribution in [-0.2, 0) is 0 Å². The Morgan fingerprint density at radius 3 is 2.12 bits per heavy atom. The molecule has 1 rings (SSSR count). The van der Waals surface area contributed by atoms with Crippen molar-refractivity contribution in [2.75, 3.05) is 27.5 Å². The second-order valence-electron chi connectivity index (χ2n) is 4.68. The summed E-state index contributed by atoms with van der Waals surface area (Å²) in [7, 11) is 6.44. The van der Waals surface area contributed by atoms with Gasteiger partial charge in [-0.3, -0.25) is 4.48 Å². The molecule has 0 fully saturated rings. The molecular weight excluding hydrogens is 222 g/mol. The van der Waals surface area contributed by atoms with Crippen molar-refractivity contribution < 1.29 is 4.74 Å². The fourth-order valence-corrected chi connectivity index (χ4v) is 1.25. The van der Waals surface area contributed by atoms with Crippen LogP contribution < -0.4 is 9.22 Å². The third-order valence-electron chi connectivity index (χ3n) is 1.96. The lowest BCUT2D eigenvalue weighted by Crippen LogP contribution is -2.34.